The lowest BCUT2D eigenvalue weighted by Crippen LogP contribution is -2.26. The molecule has 1 aromatic carbocycles. The van der Waals surface area contributed by atoms with E-state index >= 15 is 0 Å². The van der Waals surface area contributed by atoms with Crippen LogP contribution in [0.2, 0.25) is 0 Å². The van der Waals surface area contributed by atoms with Crippen LogP contribution in [0.15, 0.2) is 18.2 Å². The van der Waals surface area contributed by atoms with E-state index in [0.717, 1.165) is 23.5 Å². The molecule has 16 heavy (non-hydrogen) atoms. The van der Waals surface area contributed by atoms with Crippen molar-refractivity contribution in [3.8, 4) is 11.5 Å². The van der Waals surface area contributed by atoms with Gasteiger partial charge in [-0.05, 0) is 30.5 Å². The molecule has 0 aliphatic heterocycles. The number of rotatable bonds is 5. The summed E-state index contributed by atoms with van der Waals surface area (Å²) >= 11 is 0. The Balaban J connectivity index is 3.09. The number of hydrogen-bond acceptors (Lipinski definition) is 3. The predicted molar refractivity (Wildman–Crippen MR) is 66.1 cm³/mol. The van der Waals surface area contributed by atoms with E-state index in [9.17, 15) is 0 Å². The molecule has 0 saturated heterocycles. The normalized spacial score (nSPS) is 11.3. The van der Waals surface area contributed by atoms with Crippen molar-refractivity contribution in [2.45, 2.75) is 20.3 Å². The Morgan fingerprint density at radius 1 is 1.12 bits per heavy atom. The van der Waals surface area contributed by atoms with E-state index in [1.807, 2.05) is 18.2 Å². The zero-order valence-corrected chi connectivity index (χ0v) is 10.5. The molecule has 1 rings (SSSR count). The van der Waals surface area contributed by atoms with Gasteiger partial charge in [-0.2, -0.15) is 0 Å². The highest BCUT2D eigenvalue weighted by Crippen LogP contribution is 2.33. The molecule has 0 spiro atoms. The van der Waals surface area contributed by atoms with Gasteiger partial charge in [-0.25, -0.2) is 0 Å². The first-order chi connectivity index (χ1) is 7.54. The van der Waals surface area contributed by atoms with Gasteiger partial charge in [0.1, 0.15) is 11.5 Å². The second-order valence-corrected chi connectivity index (χ2v) is 4.69. The van der Waals surface area contributed by atoms with Gasteiger partial charge in [0.15, 0.2) is 0 Å². The van der Waals surface area contributed by atoms with Crippen LogP contribution in [0, 0.1) is 5.41 Å². The van der Waals surface area contributed by atoms with Crippen molar-refractivity contribution < 1.29 is 9.47 Å². The minimum atomic E-state index is 0.0436. The molecule has 90 valence electrons. The number of benzene rings is 1. The summed E-state index contributed by atoms with van der Waals surface area (Å²) in [7, 11) is 3.35. The molecule has 0 bridgehead atoms. The molecule has 0 aliphatic rings. The van der Waals surface area contributed by atoms with Crippen molar-refractivity contribution in [1.29, 1.82) is 0 Å². The Labute approximate surface area is 97.6 Å². The van der Waals surface area contributed by atoms with Crippen LogP contribution in [0.25, 0.3) is 0 Å². The molecule has 0 fully saturated rings. The van der Waals surface area contributed by atoms with Crippen molar-refractivity contribution >= 4 is 0 Å². The van der Waals surface area contributed by atoms with E-state index < -0.39 is 0 Å². The van der Waals surface area contributed by atoms with Gasteiger partial charge in [0.2, 0.25) is 0 Å². The van der Waals surface area contributed by atoms with Crippen LogP contribution in [-0.4, -0.2) is 20.8 Å². The number of nitrogens with two attached hydrogens (primary N) is 1. The van der Waals surface area contributed by atoms with Crippen LogP contribution >= 0.6 is 0 Å². The molecule has 0 aromatic heterocycles. The summed E-state index contributed by atoms with van der Waals surface area (Å²) in [4.78, 5) is 0. The molecule has 0 aliphatic carbocycles. The first kappa shape index (κ1) is 12.8. The predicted octanol–water partition coefficient (Wildman–Crippen LogP) is 2.23. The average molecular weight is 223 g/mol. The summed E-state index contributed by atoms with van der Waals surface area (Å²) in [5, 5.41) is 0. The van der Waals surface area contributed by atoms with Crippen LogP contribution in [0.1, 0.15) is 19.4 Å². The fourth-order valence-electron chi connectivity index (χ4n) is 1.65. The van der Waals surface area contributed by atoms with Crippen LogP contribution in [0.4, 0.5) is 0 Å². The summed E-state index contributed by atoms with van der Waals surface area (Å²) in [6, 6.07) is 5.82. The molecule has 0 heterocycles. The molecule has 1 aromatic rings. The average Bonchev–Trinajstić information content (AvgIpc) is 2.29. The second-order valence-electron chi connectivity index (χ2n) is 4.69. The zero-order chi connectivity index (χ0) is 12.2. The Morgan fingerprint density at radius 2 is 1.62 bits per heavy atom. The van der Waals surface area contributed by atoms with Gasteiger partial charge in [0, 0.05) is 5.56 Å². The molecule has 3 nitrogen and oxygen atoms in total. The third-order valence-corrected chi connectivity index (χ3v) is 2.74. The SMILES string of the molecule is COc1cccc(OC)c1CC(C)(C)CN. The van der Waals surface area contributed by atoms with Crippen molar-refractivity contribution in [2.24, 2.45) is 11.1 Å². The van der Waals surface area contributed by atoms with Crippen molar-refractivity contribution in [3.05, 3.63) is 23.8 Å². The highest BCUT2D eigenvalue weighted by molar-refractivity contribution is 5.45. The van der Waals surface area contributed by atoms with Gasteiger partial charge in [-0.3, -0.25) is 0 Å². The lowest BCUT2D eigenvalue weighted by atomic mass is 9.85. The molecule has 0 saturated carbocycles. The first-order valence-corrected chi connectivity index (χ1v) is 5.44. The van der Waals surface area contributed by atoms with E-state index in [1.165, 1.54) is 0 Å². The standard InChI is InChI=1S/C13H21NO2/c1-13(2,9-14)8-10-11(15-3)6-5-7-12(10)16-4/h5-7H,8-9,14H2,1-4H3. The van der Waals surface area contributed by atoms with E-state index in [0.29, 0.717) is 6.54 Å². The lowest BCUT2D eigenvalue weighted by molar-refractivity contribution is 0.341. The van der Waals surface area contributed by atoms with Crippen LogP contribution in [0.3, 0.4) is 0 Å². The van der Waals surface area contributed by atoms with Gasteiger partial charge < -0.3 is 15.2 Å². The quantitative estimate of drug-likeness (QED) is 0.832. The summed E-state index contributed by atoms with van der Waals surface area (Å²) in [5.74, 6) is 1.72. The van der Waals surface area contributed by atoms with Crippen molar-refractivity contribution in [3.63, 3.8) is 0 Å². The smallest absolute Gasteiger partial charge is 0.125 e. The van der Waals surface area contributed by atoms with E-state index in [2.05, 4.69) is 13.8 Å². The molecular weight excluding hydrogens is 202 g/mol. The largest absolute Gasteiger partial charge is 0.496 e. The maximum Gasteiger partial charge on any atom is 0.125 e. The van der Waals surface area contributed by atoms with Gasteiger partial charge in [-0.15, -0.1) is 0 Å². The topological polar surface area (TPSA) is 44.5 Å². The zero-order valence-electron chi connectivity index (χ0n) is 10.5. The van der Waals surface area contributed by atoms with Gasteiger partial charge in [0.05, 0.1) is 14.2 Å². The number of hydrogen-bond donors (Lipinski definition) is 1. The third kappa shape index (κ3) is 2.89. The summed E-state index contributed by atoms with van der Waals surface area (Å²) < 4.78 is 10.7. The minimum absolute atomic E-state index is 0.0436. The summed E-state index contributed by atoms with van der Waals surface area (Å²) in [6.45, 7) is 4.91. The summed E-state index contributed by atoms with van der Waals surface area (Å²) in [5.41, 5.74) is 6.89. The first-order valence-electron chi connectivity index (χ1n) is 5.44. The van der Waals surface area contributed by atoms with Gasteiger partial charge in [-0.1, -0.05) is 19.9 Å². The second kappa shape index (κ2) is 5.21. The molecule has 0 atom stereocenters. The molecule has 0 radical (unpaired) electrons. The maximum atomic E-state index is 5.76. The lowest BCUT2D eigenvalue weighted by Gasteiger charge is -2.24. The monoisotopic (exact) mass is 223 g/mol. The van der Waals surface area contributed by atoms with Crippen LogP contribution in [0.5, 0.6) is 11.5 Å². The fourth-order valence-corrected chi connectivity index (χ4v) is 1.65. The minimum Gasteiger partial charge on any atom is -0.496 e. The fraction of sp³-hybridized carbons (Fsp3) is 0.538. The van der Waals surface area contributed by atoms with Gasteiger partial charge >= 0.3 is 0 Å². The highest BCUT2D eigenvalue weighted by Gasteiger charge is 2.21. The molecule has 0 amide bonds. The van der Waals surface area contributed by atoms with Crippen LogP contribution < -0.4 is 15.2 Å². The van der Waals surface area contributed by atoms with E-state index in [4.69, 9.17) is 15.2 Å². The van der Waals surface area contributed by atoms with E-state index in [1.54, 1.807) is 14.2 Å². The maximum absolute atomic E-state index is 5.76. The molecule has 0 unspecified atom stereocenters. The Bertz CT molecular complexity index is 326. The van der Waals surface area contributed by atoms with Crippen molar-refractivity contribution in [2.75, 3.05) is 20.8 Å². The number of ether oxygens (including phenoxy) is 2. The van der Waals surface area contributed by atoms with Gasteiger partial charge in [0.25, 0.3) is 0 Å². The number of methoxy groups -OCH3 is 2. The molecule has 2 N–H and O–H groups in total. The summed E-state index contributed by atoms with van der Waals surface area (Å²) in [6.07, 6.45) is 0.844. The van der Waals surface area contributed by atoms with E-state index in [-0.39, 0.29) is 5.41 Å². The van der Waals surface area contributed by atoms with Crippen molar-refractivity contribution in [1.82, 2.24) is 0 Å². The molecular formula is C13H21NO2. The van der Waals surface area contributed by atoms with Crippen LogP contribution in [-0.2, 0) is 6.42 Å². The Kier molecular flexibility index (Phi) is 4.19. The Hall–Kier alpha value is -1.22. The Morgan fingerprint density at radius 3 is 2.00 bits per heavy atom. The highest BCUT2D eigenvalue weighted by atomic mass is 16.5. The molecule has 3 heteroatoms. The third-order valence-electron chi connectivity index (χ3n) is 2.74.